The predicted octanol–water partition coefficient (Wildman–Crippen LogP) is 3.51. The summed E-state index contributed by atoms with van der Waals surface area (Å²) in [4.78, 5) is 2.61. The second-order valence-electron chi connectivity index (χ2n) is 6.78. The van der Waals surface area contributed by atoms with Crippen molar-refractivity contribution in [2.75, 3.05) is 0 Å². The van der Waals surface area contributed by atoms with Gasteiger partial charge in [-0.05, 0) is 45.1 Å². The molecule has 2 fully saturated rings. The standard InChI is InChI=1S/C18H25NO/c1-14(2)10-18(20)11-16-8-9-17(12-18)19(16)13-15-6-4-3-5-7-15/h3-7,10,16-17,20H,8-9,11-13H2,1-2H3. The summed E-state index contributed by atoms with van der Waals surface area (Å²) in [6, 6.07) is 11.8. The van der Waals surface area contributed by atoms with Crippen LogP contribution in [0.2, 0.25) is 0 Å². The van der Waals surface area contributed by atoms with Gasteiger partial charge in [-0.25, -0.2) is 0 Å². The fourth-order valence-electron chi connectivity index (χ4n) is 4.06. The molecule has 0 aliphatic carbocycles. The van der Waals surface area contributed by atoms with Crippen LogP contribution in [0.1, 0.15) is 45.1 Å². The lowest BCUT2D eigenvalue weighted by Gasteiger charge is -2.43. The summed E-state index contributed by atoms with van der Waals surface area (Å²) in [6.45, 7) is 5.19. The van der Waals surface area contributed by atoms with Gasteiger partial charge in [0.05, 0.1) is 5.60 Å². The molecule has 0 aromatic heterocycles. The molecule has 2 heterocycles. The highest BCUT2D eigenvalue weighted by Crippen LogP contribution is 2.42. The average Bonchev–Trinajstić information content (AvgIpc) is 2.64. The zero-order valence-electron chi connectivity index (χ0n) is 12.5. The fraction of sp³-hybridized carbons (Fsp3) is 0.556. The highest BCUT2D eigenvalue weighted by molar-refractivity contribution is 5.18. The minimum Gasteiger partial charge on any atom is -0.386 e. The zero-order valence-corrected chi connectivity index (χ0v) is 12.5. The van der Waals surface area contributed by atoms with Gasteiger partial charge >= 0.3 is 0 Å². The number of aliphatic hydroxyl groups is 1. The van der Waals surface area contributed by atoms with Gasteiger partial charge in [0.1, 0.15) is 0 Å². The molecule has 1 aromatic rings. The Kier molecular flexibility index (Phi) is 3.70. The number of hydrogen-bond acceptors (Lipinski definition) is 2. The maximum absolute atomic E-state index is 10.8. The van der Waals surface area contributed by atoms with E-state index < -0.39 is 5.60 Å². The van der Waals surface area contributed by atoms with Gasteiger partial charge in [-0.1, -0.05) is 42.0 Å². The van der Waals surface area contributed by atoms with E-state index >= 15 is 0 Å². The molecule has 2 saturated heterocycles. The average molecular weight is 271 g/mol. The first-order valence-corrected chi connectivity index (χ1v) is 7.74. The number of nitrogens with zero attached hydrogens (tertiary/aromatic N) is 1. The maximum atomic E-state index is 10.8. The van der Waals surface area contributed by atoms with Gasteiger partial charge in [-0.3, -0.25) is 4.90 Å². The largest absolute Gasteiger partial charge is 0.386 e. The first-order chi connectivity index (χ1) is 9.56. The first-order valence-electron chi connectivity index (χ1n) is 7.74. The second-order valence-corrected chi connectivity index (χ2v) is 6.78. The molecule has 2 nitrogen and oxygen atoms in total. The molecule has 1 aromatic carbocycles. The molecule has 2 bridgehead atoms. The molecule has 0 saturated carbocycles. The van der Waals surface area contributed by atoms with E-state index in [0.29, 0.717) is 12.1 Å². The summed E-state index contributed by atoms with van der Waals surface area (Å²) in [5, 5.41) is 10.8. The lowest BCUT2D eigenvalue weighted by molar-refractivity contribution is -0.0212. The number of piperidine rings is 1. The Morgan fingerprint density at radius 3 is 2.35 bits per heavy atom. The topological polar surface area (TPSA) is 23.5 Å². The summed E-state index contributed by atoms with van der Waals surface area (Å²) < 4.78 is 0. The van der Waals surface area contributed by atoms with Crippen LogP contribution in [0.5, 0.6) is 0 Å². The van der Waals surface area contributed by atoms with Crippen LogP contribution < -0.4 is 0 Å². The Bertz CT molecular complexity index is 475. The van der Waals surface area contributed by atoms with Crippen molar-refractivity contribution >= 4 is 0 Å². The van der Waals surface area contributed by atoms with Gasteiger partial charge in [-0.2, -0.15) is 0 Å². The molecule has 20 heavy (non-hydrogen) atoms. The van der Waals surface area contributed by atoms with E-state index in [2.05, 4.69) is 55.2 Å². The van der Waals surface area contributed by atoms with E-state index in [-0.39, 0.29) is 0 Å². The molecule has 0 spiro atoms. The lowest BCUT2D eigenvalue weighted by atomic mass is 9.84. The highest BCUT2D eigenvalue weighted by atomic mass is 16.3. The van der Waals surface area contributed by atoms with Crippen molar-refractivity contribution in [2.24, 2.45) is 0 Å². The van der Waals surface area contributed by atoms with Crippen LogP contribution >= 0.6 is 0 Å². The normalized spacial score (nSPS) is 33.1. The van der Waals surface area contributed by atoms with E-state index in [1.54, 1.807) is 0 Å². The molecule has 3 rings (SSSR count). The monoisotopic (exact) mass is 271 g/mol. The smallest absolute Gasteiger partial charge is 0.0859 e. The van der Waals surface area contributed by atoms with E-state index in [9.17, 15) is 5.11 Å². The third-order valence-corrected chi connectivity index (χ3v) is 4.71. The van der Waals surface area contributed by atoms with Gasteiger partial charge in [0, 0.05) is 18.6 Å². The van der Waals surface area contributed by atoms with Gasteiger partial charge in [0.25, 0.3) is 0 Å². The van der Waals surface area contributed by atoms with E-state index in [1.807, 2.05) is 0 Å². The van der Waals surface area contributed by atoms with Crippen LogP contribution in [0.3, 0.4) is 0 Å². The van der Waals surface area contributed by atoms with Crippen LogP contribution in [0.15, 0.2) is 42.0 Å². The van der Waals surface area contributed by atoms with Crippen LogP contribution in [0.25, 0.3) is 0 Å². The molecule has 2 heteroatoms. The molecular weight excluding hydrogens is 246 g/mol. The van der Waals surface area contributed by atoms with E-state index in [1.165, 1.54) is 24.0 Å². The number of allylic oxidation sites excluding steroid dienone is 1. The zero-order chi connectivity index (χ0) is 14.2. The Hall–Kier alpha value is -1.12. The number of hydrogen-bond donors (Lipinski definition) is 1. The molecule has 2 aliphatic heterocycles. The summed E-state index contributed by atoms with van der Waals surface area (Å²) in [5.74, 6) is 0. The van der Waals surface area contributed by atoms with Crippen molar-refractivity contribution in [3.05, 3.63) is 47.5 Å². The first kappa shape index (κ1) is 13.8. The minimum atomic E-state index is -0.572. The summed E-state index contributed by atoms with van der Waals surface area (Å²) >= 11 is 0. The molecule has 108 valence electrons. The van der Waals surface area contributed by atoms with Crippen molar-refractivity contribution in [3.63, 3.8) is 0 Å². The van der Waals surface area contributed by atoms with Crippen molar-refractivity contribution in [3.8, 4) is 0 Å². The van der Waals surface area contributed by atoms with Gasteiger partial charge in [0.15, 0.2) is 0 Å². The van der Waals surface area contributed by atoms with Gasteiger partial charge in [0.2, 0.25) is 0 Å². The number of rotatable bonds is 3. The van der Waals surface area contributed by atoms with Crippen molar-refractivity contribution in [1.82, 2.24) is 4.90 Å². The second kappa shape index (κ2) is 5.34. The SMILES string of the molecule is CC(C)=CC1(O)CC2CCC(C1)N2Cc1ccccc1. The molecule has 2 aliphatic rings. The summed E-state index contributed by atoms with van der Waals surface area (Å²) in [5.41, 5.74) is 2.04. The van der Waals surface area contributed by atoms with Crippen molar-refractivity contribution in [1.29, 1.82) is 0 Å². The van der Waals surface area contributed by atoms with E-state index in [4.69, 9.17) is 0 Å². The Morgan fingerprint density at radius 1 is 1.20 bits per heavy atom. The van der Waals surface area contributed by atoms with Gasteiger partial charge in [-0.15, -0.1) is 0 Å². The van der Waals surface area contributed by atoms with Crippen LogP contribution in [0.4, 0.5) is 0 Å². The lowest BCUT2D eigenvalue weighted by Crippen LogP contribution is -2.49. The summed E-state index contributed by atoms with van der Waals surface area (Å²) in [7, 11) is 0. The van der Waals surface area contributed by atoms with Crippen LogP contribution in [-0.2, 0) is 6.54 Å². The minimum absolute atomic E-state index is 0.537. The van der Waals surface area contributed by atoms with Crippen LogP contribution in [0, 0.1) is 0 Å². The maximum Gasteiger partial charge on any atom is 0.0859 e. The Labute approximate surface area is 122 Å². The number of fused-ring (bicyclic) bond motifs is 2. The molecule has 0 radical (unpaired) electrons. The molecule has 2 atom stereocenters. The molecule has 2 unspecified atom stereocenters. The van der Waals surface area contributed by atoms with Gasteiger partial charge < -0.3 is 5.11 Å². The van der Waals surface area contributed by atoms with Crippen LogP contribution in [-0.4, -0.2) is 27.7 Å². The quantitative estimate of drug-likeness (QED) is 0.850. The third-order valence-electron chi connectivity index (χ3n) is 4.71. The fourth-order valence-corrected chi connectivity index (χ4v) is 4.06. The molecule has 1 N–H and O–H groups in total. The van der Waals surface area contributed by atoms with Crippen molar-refractivity contribution in [2.45, 2.75) is 63.8 Å². The summed E-state index contributed by atoms with van der Waals surface area (Å²) in [6.07, 6.45) is 6.33. The third kappa shape index (κ3) is 2.82. The predicted molar refractivity (Wildman–Crippen MR) is 82.4 cm³/mol. The molecule has 0 amide bonds. The van der Waals surface area contributed by atoms with E-state index in [0.717, 1.165) is 19.4 Å². The highest BCUT2D eigenvalue weighted by Gasteiger charge is 2.46. The number of benzene rings is 1. The Balaban J connectivity index is 1.74. The Morgan fingerprint density at radius 2 is 1.80 bits per heavy atom. The van der Waals surface area contributed by atoms with Crippen molar-refractivity contribution < 1.29 is 5.11 Å². The molecular formula is C18H25NO.